The number of fused-ring (bicyclic) bond motifs is 5. The van der Waals surface area contributed by atoms with Crippen LogP contribution in [0.15, 0.2) is 11.6 Å². The molecule has 5 aliphatic heterocycles. The molecule has 0 aromatic rings. The molecule has 9 rings (SSSR count). The van der Waals surface area contributed by atoms with Gasteiger partial charge in [-0.1, -0.05) is 13.8 Å². The van der Waals surface area contributed by atoms with Gasteiger partial charge in [-0.2, -0.15) is 0 Å². The monoisotopic (exact) mass is 942 g/mol. The quantitative estimate of drug-likeness (QED) is 0.103. The molecule has 4 saturated carbocycles. The maximum atomic E-state index is 12.6. The number of hydrogen-bond acceptors (Lipinski definition) is 19. The fraction of sp³-hybridized carbons (Fsp3) is 0.936. The van der Waals surface area contributed by atoms with Gasteiger partial charge in [-0.15, -0.1) is 0 Å². The van der Waals surface area contributed by atoms with Crippen molar-refractivity contribution < 1.29 is 93.4 Å². The summed E-state index contributed by atoms with van der Waals surface area (Å²) in [4.78, 5) is 12.6. The minimum absolute atomic E-state index is 0.0175. The molecule has 0 bridgehead atoms. The number of ether oxygens (including phenoxy) is 9. The number of hydrogen-bond donors (Lipinski definition) is 9. The molecule has 0 spiro atoms. The molecule has 66 heavy (non-hydrogen) atoms. The van der Waals surface area contributed by atoms with Crippen LogP contribution in [0.3, 0.4) is 0 Å². The predicted molar refractivity (Wildman–Crippen MR) is 225 cm³/mol. The molecule has 19 nitrogen and oxygen atoms in total. The van der Waals surface area contributed by atoms with Crippen LogP contribution in [0.2, 0.25) is 0 Å². The fourth-order valence-corrected chi connectivity index (χ4v) is 14.3. The Morgan fingerprint density at radius 3 is 1.77 bits per heavy atom. The van der Waals surface area contributed by atoms with Gasteiger partial charge in [0, 0.05) is 36.2 Å². The van der Waals surface area contributed by atoms with E-state index in [4.69, 9.17) is 42.6 Å². The van der Waals surface area contributed by atoms with Crippen LogP contribution in [-0.2, 0) is 47.4 Å². The summed E-state index contributed by atoms with van der Waals surface area (Å²) >= 11 is 0. The Labute approximate surface area is 385 Å². The third-order valence-corrected chi connectivity index (χ3v) is 18.1. The van der Waals surface area contributed by atoms with Gasteiger partial charge >= 0.3 is 5.97 Å². The number of aliphatic hydroxyl groups is 9. The van der Waals surface area contributed by atoms with Gasteiger partial charge in [-0.25, -0.2) is 4.79 Å². The number of rotatable bonds is 10. The van der Waals surface area contributed by atoms with Gasteiger partial charge in [0.2, 0.25) is 0 Å². The third-order valence-electron chi connectivity index (χ3n) is 18.1. The van der Waals surface area contributed by atoms with Gasteiger partial charge in [0.1, 0.15) is 49.3 Å². The van der Waals surface area contributed by atoms with Crippen molar-refractivity contribution in [3.63, 3.8) is 0 Å². The lowest BCUT2D eigenvalue weighted by molar-refractivity contribution is -0.355. The number of carbonyl (C=O) groups excluding carboxylic acids is 1. The van der Waals surface area contributed by atoms with E-state index in [0.29, 0.717) is 30.8 Å². The molecule has 0 radical (unpaired) electrons. The minimum Gasteiger partial charge on any atom is -0.458 e. The Morgan fingerprint density at radius 2 is 1.23 bits per heavy atom. The molecule has 4 saturated heterocycles. The van der Waals surface area contributed by atoms with Crippen molar-refractivity contribution in [3.8, 4) is 0 Å². The van der Waals surface area contributed by atoms with Crippen molar-refractivity contribution in [1.29, 1.82) is 0 Å². The summed E-state index contributed by atoms with van der Waals surface area (Å²) in [6, 6.07) is 0. The van der Waals surface area contributed by atoms with Crippen LogP contribution in [-0.4, -0.2) is 187 Å². The summed E-state index contributed by atoms with van der Waals surface area (Å²) in [6.45, 7) is 9.07. The van der Waals surface area contributed by atoms with E-state index in [1.165, 1.54) is 0 Å². The average molecular weight is 943 g/mol. The van der Waals surface area contributed by atoms with Crippen LogP contribution in [0.1, 0.15) is 105 Å². The van der Waals surface area contributed by atoms with Gasteiger partial charge in [0.05, 0.1) is 61.0 Å². The summed E-state index contributed by atoms with van der Waals surface area (Å²) in [5, 5.41) is 98.4. The van der Waals surface area contributed by atoms with E-state index >= 15 is 0 Å². The zero-order valence-corrected chi connectivity index (χ0v) is 38.7. The number of aliphatic hydroxyl groups excluding tert-OH is 8. The summed E-state index contributed by atoms with van der Waals surface area (Å²) in [5.74, 6) is -0.0910. The highest BCUT2D eigenvalue weighted by Gasteiger charge is 2.71. The first kappa shape index (κ1) is 49.5. The molecule has 0 aromatic heterocycles. The molecular weight excluding hydrogens is 868 g/mol. The van der Waals surface area contributed by atoms with Crippen LogP contribution in [0.25, 0.3) is 0 Å². The zero-order chi connectivity index (χ0) is 47.2. The lowest BCUT2D eigenvalue weighted by atomic mass is 9.42. The Bertz CT molecular complexity index is 1720. The Morgan fingerprint density at radius 1 is 0.652 bits per heavy atom. The van der Waals surface area contributed by atoms with E-state index in [1.807, 2.05) is 19.9 Å². The van der Waals surface area contributed by atoms with Crippen molar-refractivity contribution in [2.24, 2.45) is 34.5 Å². The maximum Gasteiger partial charge on any atom is 0.334 e. The summed E-state index contributed by atoms with van der Waals surface area (Å²) in [5.41, 5.74) is -1.40. The number of carbonyl (C=O) groups is 1. The first-order chi connectivity index (χ1) is 31.3. The molecule has 26 unspecified atom stereocenters. The normalized spacial score (nSPS) is 55.3. The molecule has 9 aliphatic rings. The first-order valence-electron chi connectivity index (χ1n) is 24.5. The van der Waals surface area contributed by atoms with Gasteiger partial charge in [-0.3, -0.25) is 0 Å². The average Bonchev–Trinajstić information content (AvgIpc) is 3.81. The summed E-state index contributed by atoms with van der Waals surface area (Å²) < 4.78 is 53.9. The summed E-state index contributed by atoms with van der Waals surface area (Å²) in [7, 11) is 0. The van der Waals surface area contributed by atoms with Crippen LogP contribution in [0, 0.1) is 34.5 Å². The second-order valence-corrected chi connectivity index (χ2v) is 21.6. The minimum atomic E-state index is -1.65. The van der Waals surface area contributed by atoms with E-state index in [2.05, 4.69) is 6.92 Å². The predicted octanol–water partition coefficient (Wildman–Crippen LogP) is 0.0423. The van der Waals surface area contributed by atoms with Crippen LogP contribution >= 0.6 is 0 Å². The van der Waals surface area contributed by atoms with Gasteiger partial charge in [-0.05, 0) is 101 Å². The van der Waals surface area contributed by atoms with Crippen LogP contribution in [0.4, 0.5) is 0 Å². The second-order valence-electron chi connectivity index (χ2n) is 21.6. The molecule has 8 fully saturated rings. The molecule has 0 amide bonds. The highest BCUT2D eigenvalue weighted by atomic mass is 16.8. The first-order valence-corrected chi connectivity index (χ1v) is 24.5. The van der Waals surface area contributed by atoms with Crippen molar-refractivity contribution >= 4 is 5.97 Å². The molecule has 5 heterocycles. The molecule has 19 heteroatoms. The SMILES string of the molecule is CC1OC(OC2CCC3(C)C(CCC4C3CC(O)C3(C)C(C5=CCOC5=O)CCC43O)C2)CC(O)C1OC1CC(O)C(OC2CC(O)C(OC3OC(CO)C(O)C(O)C3O)C(C)O2)C(C)O1. The molecule has 376 valence electrons. The molecular formula is C47H74O19. The van der Waals surface area contributed by atoms with Crippen molar-refractivity contribution in [2.45, 2.75) is 228 Å². The Hall–Kier alpha value is -1.47. The highest BCUT2D eigenvalue weighted by molar-refractivity contribution is 5.91. The van der Waals surface area contributed by atoms with E-state index in [9.17, 15) is 50.8 Å². The van der Waals surface area contributed by atoms with E-state index in [0.717, 1.165) is 32.1 Å². The van der Waals surface area contributed by atoms with Gasteiger partial charge in [0.25, 0.3) is 0 Å². The van der Waals surface area contributed by atoms with Crippen LogP contribution in [0.5, 0.6) is 0 Å². The second kappa shape index (κ2) is 18.9. The molecule has 26 atom stereocenters. The summed E-state index contributed by atoms with van der Waals surface area (Å²) in [6.07, 6.45) is -10.8. The largest absolute Gasteiger partial charge is 0.458 e. The fourth-order valence-electron chi connectivity index (χ4n) is 14.3. The van der Waals surface area contributed by atoms with Crippen LogP contribution < -0.4 is 0 Å². The van der Waals surface area contributed by atoms with E-state index in [1.54, 1.807) is 13.8 Å². The molecule has 9 N–H and O–H groups in total. The smallest absolute Gasteiger partial charge is 0.334 e. The van der Waals surface area contributed by atoms with E-state index in [-0.39, 0.29) is 61.1 Å². The third kappa shape index (κ3) is 8.54. The van der Waals surface area contributed by atoms with Gasteiger partial charge in [0.15, 0.2) is 25.2 Å². The highest BCUT2D eigenvalue weighted by Crippen LogP contribution is 2.70. The van der Waals surface area contributed by atoms with Crippen molar-refractivity contribution in [2.75, 3.05) is 13.2 Å². The van der Waals surface area contributed by atoms with Gasteiger partial charge < -0.3 is 88.6 Å². The lowest BCUT2D eigenvalue weighted by Crippen LogP contribution is -2.67. The zero-order valence-electron chi connectivity index (χ0n) is 38.7. The maximum absolute atomic E-state index is 12.6. The molecule has 0 aromatic carbocycles. The lowest BCUT2D eigenvalue weighted by Gasteiger charge is -2.65. The number of cyclic esters (lactones) is 1. The topological polar surface area (TPSA) is 282 Å². The molecule has 4 aliphatic carbocycles. The Balaban J connectivity index is 0.738. The van der Waals surface area contributed by atoms with E-state index < -0.39 is 128 Å². The number of esters is 1. The standard InChI is InChI=1S/C47H74O19/c1-20-40(64-35-17-30(50)41(21(2)60-35)65-36-18-31(51)42(22(3)61-36)66-44-39(55)38(54)37(53)32(19-48)63-44)29(49)16-34(59-20)62-24-8-11-45(4)23(14-24)6-7-27-28(45)15-33(52)46(5)26(9-12-47(27,46)57)25-10-13-58-43(25)56/h10,20-24,26-42,44,48-55,57H,6-9,11-19H2,1-5H3. The Kier molecular flexibility index (Phi) is 14.2. The van der Waals surface area contributed by atoms with Crippen molar-refractivity contribution in [1.82, 2.24) is 0 Å². The van der Waals surface area contributed by atoms with Crippen molar-refractivity contribution in [3.05, 3.63) is 11.6 Å².